The molecule has 3 aromatic rings. The predicted molar refractivity (Wildman–Crippen MR) is 124 cm³/mol. The summed E-state index contributed by atoms with van der Waals surface area (Å²) in [6.45, 7) is 5.76. The van der Waals surface area contributed by atoms with Gasteiger partial charge in [-0.1, -0.05) is 24.3 Å². The summed E-state index contributed by atoms with van der Waals surface area (Å²) in [5.41, 5.74) is 2.96. The average Bonchev–Trinajstić information content (AvgIpc) is 3.47. The third kappa shape index (κ3) is 6.25. The third-order valence-corrected chi connectivity index (χ3v) is 6.15. The van der Waals surface area contributed by atoms with E-state index in [1.807, 2.05) is 12.1 Å². The van der Waals surface area contributed by atoms with E-state index in [9.17, 15) is 9.59 Å². The fourth-order valence-corrected chi connectivity index (χ4v) is 4.25. The Balaban J connectivity index is 1.24. The van der Waals surface area contributed by atoms with Crippen LogP contribution >= 0.6 is 11.3 Å². The van der Waals surface area contributed by atoms with Gasteiger partial charge in [-0.05, 0) is 30.3 Å². The number of anilines is 1. The molecule has 0 aliphatic carbocycles. The lowest BCUT2D eigenvalue weighted by molar-refractivity contribution is -0.120. The Morgan fingerprint density at radius 1 is 1.12 bits per heavy atom. The van der Waals surface area contributed by atoms with Crippen molar-refractivity contribution < 1.29 is 14.0 Å². The normalized spacial score (nSPS) is 14.9. The molecular formula is C23H27N5O3S. The van der Waals surface area contributed by atoms with E-state index in [2.05, 4.69) is 44.6 Å². The molecule has 0 spiro atoms. The first-order valence-electron chi connectivity index (χ1n) is 10.6. The molecule has 1 aromatic carbocycles. The SMILES string of the molecule is CN1CCN(Cc2cccc(CNC(=O)Cc3csc(NC(=O)c4ccco4)n3)c2)CC1. The molecule has 0 radical (unpaired) electrons. The highest BCUT2D eigenvalue weighted by molar-refractivity contribution is 7.14. The number of carbonyl (C=O) groups is 2. The van der Waals surface area contributed by atoms with Gasteiger partial charge >= 0.3 is 0 Å². The molecule has 8 nitrogen and oxygen atoms in total. The van der Waals surface area contributed by atoms with Gasteiger partial charge in [0.1, 0.15) is 0 Å². The van der Waals surface area contributed by atoms with Gasteiger partial charge in [-0.25, -0.2) is 4.98 Å². The quantitative estimate of drug-likeness (QED) is 0.545. The number of likely N-dealkylation sites (N-methyl/N-ethyl adjacent to an activating group) is 1. The average molecular weight is 454 g/mol. The first-order chi connectivity index (χ1) is 15.5. The maximum atomic E-state index is 12.4. The smallest absolute Gasteiger partial charge is 0.293 e. The van der Waals surface area contributed by atoms with E-state index in [1.54, 1.807) is 17.5 Å². The third-order valence-electron chi connectivity index (χ3n) is 5.34. The van der Waals surface area contributed by atoms with Crippen LogP contribution in [0.25, 0.3) is 0 Å². The van der Waals surface area contributed by atoms with Crippen molar-refractivity contribution in [1.82, 2.24) is 20.1 Å². The van der Waals surface area contributed by atoms with Crippen LogP contribution in [-0.4, -0.2) is 59.8 Å². The van der Waals surface area contributed by atoms with Crippen molar-refractivity contribution in [2.24, 2.45) is 0 Å². The van der Waals surface area contributed by atoms with Crippen LogP contribution < -0.4 is 10.6 Å². The molecule has 1 saturated heterocycles. The number of nitrogens with zero attached hydrogens (tertiary/aromatic N) is 3. The molecule has 2 aromatic heterocycles. The zero-order valence-electron chi connectivity index (χ0n) is 18.0. The van der Waals surface area contributed by atoms with Crippen molar-refractivity contribution in [3.05, 3.63) is 70.6 Å². The van der Waals surface area contributed by atoms with Crippen molar-refractivity contribution in [3.63, 3.8) is 0 Å². The molecule has 1 aliphatic rings. The van der Waals surface area contributed by atoms with Crippen LogP contribution in [0.15, 0.2) is 52.5 Å². The van der Waals surface area contributed by atoms with Gasteiger partial charge in [0.05, 0.1) is 18.4 Å². The molecule has 168 valence electrons. The summed E-state index contributed by atoms with van der Waals surface area (Å²) in [6, 6.07) is 11.6. The highest BCUT2D eigenvalue weighted by atomic mass is 32.1. The van der Waals surface area contributed by atoms with Crippen molar-refractivity contribution in [2.45, 2.75) is 19.5 Å². The second-order valence-corrected chi connectivity index (χ2v) is 8.79. The molecule has 4 rings (SSSR count). The molecule has 9 heteroatoms. The van der Waals surface area contributed by atoms with Crippen molar-refractivity contribution in [2.75, 3.05) is 38.5 Å². The minimum atomic E-state index is -0.364. The molecule has 1 fully saturated rings. The highest BCUT2D eigenvalue weighted by Crippen LogP contribution is 2.17. The topological polar surface area (TPSA) is 90.7 Å². The van der Waals surface area contributed by atoms with Gasteiger partial charge in [-0.15, -0.1) is 11.3 Å². The van der Waals surface area contributed by atoms with Crippen LogP contribution in [0.4, 0.5) is 5.13 Å². The second kappa shape index (κ2) is 10.5. The van der Waals surface area contributed by atoms with E-state index >= 15 is 0 Å². The number of hydrogen-bond donors (Lipinski definition) is 2. The molecule has 0 saturated carbocycles. The Morgan fingerprint density at radius 2 is 1.94 bits per heavy atom. The Morgan fingerprint density at radius 3 is 2.72 bits per heavy atom. The van der Waals surface area contributed by atoms with Gasteiger partial charge in [0.25, 0.3) is 5.91 Å². The van der Waals surface area contributed by atoms with Crippen LogP contribution in [0.3, 0.4) is 0 Å². The summed E-state index contributed by atoms with van der Waals surface area (Å²) in [5, 5.41) is 7.84. The molecular weight excluding hydrogens is 426 g/mol. The van der Waals surface area contributed by atoms with E-state index < -0.39 is 0 Å². The number of carbonyl (C=O) groups excluding carboxylic acids is 2. The van der Waals surface area contributed by atoms with Gasteiger partial charge in [0, 0.05) is 44.6 Å². The maximum Gasteiger partial charge on any atom is 0.293 e. The second-order valence-electron chi connectivity index (χ2n) is 7.93. The lowest BCUT2D eigenvalue weighted by Crippen LogP contribution is -2.43. The van der Waals surface area contributed by atoms with Gasteiger partial charge in [-0.2, -0.15) is 0 Å². The zero-order valence-corrected chi connectivity index (χ0v) is 18.9. The number of benzene rings is 1. The number of thiazole rings is 1. The fourth-order valence-electron chi connectivity index (χ4n) is 3.54. The van der Waals surface area contributed by atoms with Gasteiger partial charge in [-0.3, -0.25) is 19.8 Å². The first kappa shape index (κ1) is 22.2. The largest absolute Gasteiger partial charge is 0.459 e. The number of rotatable bonds is 8. The molecule has 32 heavy (non-hydrogen) atoms. The lowest BCUT2D eigenvalue weighted by Gasteiger charge is -2.32. The number of furan rings is 1. The standard InChI is InChI=1S/C23H27N5O3S/c1-27-7-9-28(10-8-27)15-18-5-2-4-17(12-18)14-24-21(29)13-19-16-32-23(25-19)26-22(30)20-6-3-11-31-20/h2-6,11-12,16H,7-10,13-15H2,1H3,(H,24,29)(H,25,26,30). The predicted octanol–water partition coefficient (Wildman–Crippen LogP) is 2.59. The van der Waals surface area contributed by atoms with Crippen molar-refractivity contribution in [1.29, 1.82) is 0 Å². The van der Waals surface area contributed by atoms with Crippen LogP contribution in [-0.2, 0) is 24.3 Å². The molecule has 2 N–H and O–H groups in total. The number of nitrogens with one attached hydrogen (secondary N) is 2. The van der Waals surface area contributed by atoms with E-state index in [0.717, 1.165) is 38.3 Å². The Labute approximate surface area is 191 Å². The molecule has 2 amide bonds. The van der Waals surface area contributed by atoms with Gasteiger partial charge in [0.2, 0.25) is 5.91 Å². The lowest BCUT2D eigenvalue weighted by atomic mass is 10.1. The van der Waals surface area contributed by atoms with Crippen molar-refractivity contribution in [3.8, 4) is 0 Å². The summed E-state index contributed by atoms with van der Waals surface area (Å²) in [6.07, 6.45) is 1.60. The van der Waals surface area contributed by atoms with E-state index in [4.69, 9.17) is 4.42 Å². The first-order valence-corrected chi connectivity index (χ1v) is 11.5. The molecule has 0 unspecified atom stereocenters. The highest BCUT2D eigenvalue weighted by Gasteiger charge is 2.15. The number of hydrogen-bond acceptors (Lipinski definition) is 7. The molecule has 3 heterocycles. The van der Waals surface area contributed by atoms with Crippen LogP contribution in [0.1, 0.15) is 27.4 Å². The summed E-state index contributed by atoms with van der Waals surface area (Å²) in [7, 11) is 2.16. The molecule has 1 aliphatic heterocycles. The van der Waals surface area contributed by atoms with Crippen LogP contribution in [0, 0.1) is 0 Å². The summed E-state index contributed by atoms with van der Waals surface area (Å²) < 4.78 is 5.06. The van der Waals surface area contributed by atoms with Crippen LogP contribution in [0.2, 0.25) is 0 Å². The minimum Gasteiger partial charge on any atom is -0.459 e. The monoisotopic (exact) mass is 453 g/mol. The van der Waals surface area contributed by atoms with Gasteiger partial charge < -0.3 is 14.6 Å². The minimum absolute atomic E-state index is 0.108. The summed E-state index contributed by atoms with van der Waals surface area (Å²) in [4.78, 5) is 33.5. The maximum absolute atomic E-state index is 12.4. The fraction of sp³-hybridized carbons (Fsp3) is 0.348. The Bertz CT molecular complexity index is 1040. The number of aromatic nitrogens is 1. The van der Waals surface area contributed by atoms with Crippen molar-refractivity contribution >= 4 is 28.3 Å². The summed E-state index contributed by atoms with van der Waals surface area (Å²) >= 11 is 1.28. The number of piperazine rings is 1. The number of amides is 2. The Kier molecular flexibility index (Phi) is 7.31. The van der Waals surface area contributed by atoms with E-state index in [-0.39, 0.29) is 24.0 Å². The summed E-state index contributed by atoms with van der Waals surface area (Å²) in [5.74, 6) is -0.255. The zero-order chi connectivity index (χ0) is 22.3. The Hall–Kier alpha value is -3.01. The van der Waals surface area contributed by atoms with Gasteiger partial charge in [0.15, 0.2) is 10.9 Å². The van der Waals surface area contributed by atoms with Crippen LogP contribution in [0.5, 0.6) is 0 Å². The van der Waals surface area contributed by atoms with E-state index in [0.29, 0.717) is 17.4 Å². The molecule has 0 bridgehead atoms. The van der Waals surface area contributed by atoms with E-state index in [1.165, 1.54) is 23.2 Å². The molecule has 0 atom stereocenters.